The molecule has 0 radical (unpaired) electrons. The van der Waals surface area contributed by atoms with Crippen molar-refractivity contribution in [2.75, 3.05) is 6.61 Å². The molecule has 76 valence electrons. The van der Waals surface area contributed by atoms with Crippen LogP contribution in [0.15, 0.2) is 30.3 Å². The summed E-state index contributed by atoms with van der Waals surface area (Å²) in [5, 5.41) is 0. The molecule has 2 atom stereocenters. The second-order valence-electron chi connectivity index (χ2n) is 4.20. The highest BCUT2D eigenvalue weighted by Gasteiger charge is 2.49. The van der Waals surface area contributed by atoms with Crippen LogP contribution >= 0.6 is 15.9 Å². The third kappa shape index (κ3) is 1.41. The van der Waals surface area contributed by atoms with Gasteiger partial charge in [-0.25, -0.2) is 0 Å². The Bertz CT molecular complexity index is 320. The summed E-state index contributed by atoms with van der Waals surface area (Å²) < 4.78 is 5.94. The SMILES string of the molecule is CC1(Br)CCOC1(C)c1ccccc1. The number of hydrogen-bond donors (Lipinski definition) is 0. The van der Waals surface area contributed by atoms with Gasteiger partial charge in [0.25, 0.3) is 0 Å². The van der Waals surface area contributed by atoms with Crippen LogP contribution in [0.25, 0.3) is 0 Å². The molecule has 2 rings (SSSR count). The van der Waals surface area contributed by atoms with Gasteiger partial charge in [0.2, 0.25) is 0 Å². The third-order valence-electron chi connectivity index (χ3n) is 3.28. The normalized spacial score (nSPS) is 37.4. The van der Waals surface area contributed by atoms with Crippen molar-refractivity contribution in [3.8, 4) is 0 Å². The molecule has 2 heteroatoms. The molecular weight excluding hydrogens is 240 g/mol. The minimum atomic E-state index is -0.200. The maximum Gasteiger partial charge on any atom is 0.105 e. The van der Waals surface area contributed by atoms with Crippen LogP contribution < -0.4 is 0 Å². The number of rotatable bonds is 1. The molecule has 0 aliphatic carbocycles. The predicted octanol–water partition coefficient (Wildman–Crippen LogP) is 3.48. The van der Waals surface area contributed by atoms with E-state index in [4.69, 9.17) is 4.74 Å². The van der Waals surface area contributed by atoms with Crippen LogP contribution in [0.1, 0.15) is 25.8 Å². The van der Waals surface area contributed by atoms with E-state index in [9.17, 15) is 0 Å². The summed E-state index contributed by atoms with van der Waals surface area (Å²) in [5.41, 5.74) is 1.05. The summed E-state index contributed by atoms with van der Waals surface area (Å²) in [5.74, 6) is 0. The first kappa shape index (κ1) is 10.2. The van der Waals surface area contributed by atoms with Gasteiger partial charge in [0.15, 0.2) is 0 Å². The molecule has 1 aliphatic heterocycles. The van der Waals surface area contributed by atoms with Crippen LogP contribution in [0.5, 0.6) is 0 Å². The second-order valence-corrected chi connectivity index (χ2v) is 5.95. The standard InChI is InChI=1S/C12H15BrO/c1-11(13)8-9-14-12(11,2)10-6-4-3-5-7-10/h3-7H,8-9H2,1-2H3. The van der Waals surface area contributed by atoms with Crippen LogP contribution in [-0.2, 0) is 10.3 Å². The molecular formula is C12H15BrO. The van der Waals surface area contributed by atoms with Crippen molar-refractivity contribution < 1.29 is 4.74 Å². The summed E-state index contributed by atoms with van der Waals surface area (Å²) in [6.07, 6.45) is 1.05. The molecule has 1 aliphatic rings. The van der Waals surface area contributed by atoms with E-state index in [1.165, 1.54) is 5.56 Å². The van der Waals surface area contributed by atoms with Crippen LogP contribution in [0, 0.1) is 0 Å². The summed E-state index contributed by atoms with van der Waals surface area (Å²) in [6.45, 7) is 5.18. The molecule has 14 heavy (non-hydrogen) atoms. The van der Waals surface area contributed by atoms with Gasteiger partial charge in [0.05, 0.1) is 4.32 Å². The van der Waals surface area contributed by atoms with Crippen LogP contribution in [0.2, 0.25) is 0 Å². The fraction of sp³-hybridized carbons (Fsp3) is 0.500. The van der Waals surface area contributed by atoms with Crippen molar-refractivity contribution in [3.63, 3.8) is 0 Å². The van der Waals surface area contributed by atoms with Crippen LogP contribution in [0.4, 0.5) is 0 Å². The zero-order chi connectivity index (χ0) is 10.2. The van der Waals surface area contributed by atoms with E-state index < -0.39 is 0 Å². The maximum absolute atomic E-state index is 5.89. The van der Waals surface area contributed by atoms with Gasteiger partial charge in [-0.15, -0.1) is 0 Å². The summed E-state index contributed by atoms with van der Waals surface area (Å²) >= 11 is 3.78. The lowest BCUT2D eigenvalue weighted by molar-refractivity contribution is 0.00474. The molecule has 0 bridgehead atoms. The molecule has 0 N–H and O–H groups in total. The lowest BCUT2D eigenvalue weighted by atomic mass is 9.84. The average molecular weight is 255 g/mol. The van der Waals surface area contributed by atoms with Gasteiger partial charge in [0.1, 0.15) is 5.60 Å². The lowest BCUT2D eigenvalue weighted by Crippen LogP contribution is -2.38. The molecule has 1 saturated heterocycles. The lowest BCUT2D eigenvalue weighted by Gasteiger charge is -2.35. The van der Waals surface area contributed by atoms with E-state index in [1.54, 1.807) is 0 Å². The van der Waals surface area contributed by atoms with Gasteiger partial charge >= 0.3 is 0 Å². The van der Waals surface area contributed by atoms with Gasteiger partial charge in [-0.1, -0.05) is 46.3 Å². The quantitative estimate of drug-likeness (QED) is 0.698. The van der Waals surface area contributed by atoms with Crippen molar-refractivity contribution in [2.24, 2.45) is 0 Å². The first-order valence-corrected chi connectivity index (χ1v) is 5.74. The van der Waals surface area contributed by atoms with E-state index in [0.29, 0.717) is 0 Å². The first-order chi connectivity index (χ1) is 6.56. The van der Waals surface area contributed by atoms with Crippen molar-refractivity contribution in [3.05, 3.63) is 35.9 Å². The smallest absolute Gasteiger partial charge is 0.105 e. The number of alkyl halides is 1. The predicted molar refractivity (Wildman–Crippen MR) is 61.7 cm³/mol. The Morgan fingerprint density at radius 1 is 1.21 bits per heavy atom. The largest absolute Gasteiger partial charge is 0.369 e. The molecule has 1 aromatic rings. The third-order valence-corrected chi connectivity index (χ3v) is 4.43. The van der Waals surface area contributed by atoms with Gasteiger partial charge in [-0.3, -0.25) is 0 Å². The topological polar surface area (TPSA) is 9.23 Å². The minimum Gasteiger partial charge on any atom is -0.369 e. The number of hydrogen-bond acceptors (Lipinski definition) is 1. The molecule has 1 aromatic carbocycles. The molecule has 0 amide bonds. The van der Waals surface area contributed by atoms with Crippen LogP contribution in [0.3, 0.4) is 0 Å². The second kappa shape index (κ2) is 3.35. The van der Waals surface area contributed by atoms with E-state index >= 15 is 0 Å². The highest BCUT2D eigenvalue weighted by atomic mass is 79.9. The Morgan fingerprint density at radius 2 is 1.86 bits per heavy atom. The fourth-order valence-electron chi connectivity index (χ4n) is 1.98. The van der Waals surface area contributed by atoms with E-state index in [-0.39, 0.29) is 9.93 Å². The van der Waals surface area contributed by atoms with Gasteiger partial charge < -0.3 is 4.74 Å². The Kier molecular flexibility index (Phi) is 2.44. The molecule has 2 unspecified atom stereocenters. The molecule has 1 fully saturated rings. The Hall–Kier alpha value is -0.340. The molecule has 0 saturated carbocycles. The number of halogens is 1. The zero-order valence-electron chi connectivity index (χ0n) is 8.59. The zero-order valence-corrected chi connectivity index (χ0v) is 10.2. The first-order valence-electron chi connectivity index (χ1n) is 4.95. The van der Waals surface area contributed by atoms with Crippen molar-refractivity contribution in [1.29, 1.82) is 0 Å². The van der Waals surface area contributed by atoms with E-state index in [2.05, 4.69) is 54.0 Å². The summed E-state index contributed by atoms with van der Waals surface area (Å²) in [6, 6.07) is 10.4. The van der Waals surface area contributed by atoms with Crippen LogP contribution in [-0.4, -0.2) is 10.9 Å². The Morgan fingerprint density at radius 3 is 2.36 bits per heavy atom. The van der Waals surface area contributed by atoms with Crippen molar-refractivity contribution in [1.82, 2.24) is 0 Å². The van der Waals surface area contributed by atoms with E-state index in [0.717, 1.165) is 13.0 Å². The Labute approximate surface area is 93.6 Å². The minimum absolute atomic E-state index is 0.0430. The number of benzene rings is 1. The van der Waals surface area contributed by atoms with Gasteiger partial charge in [-0.2, -0.15) is 0 Å². The van der Waals surface area contributed by atoms with E-state index in [1.807, 2.05) is 6.07 Å². The molecule has 1 nitrogen and oxygen atoms in total. The Balaban J connectivity index is 2.42. The monoisotopic (exact) mass is 254 g/mol. The average Bonchev–Trinajstić information content (AvgIpc) is 2.44. The molecule has 0 aromatic heterocycles. The summed E-state index contributed by atoms with van der Waals surface area (Å²) in [4.78, 5) is 0. The van der Waals surface area contributed by atoms with Gasteiger partial charge in [-0.05, 0) is 25.8 Å². The maximum atomic E-state index is 5.89. The number of ether oxygens (including phenoxy) is 1. The van der Waals surface area contributed by atoms with Gasteiger partial charge in [0, 0.05) is 6.61 Å². The molecule has 1 heterocycles. The van der Waals surface area contributed by atoms with Crippen molar-refractivity contribution >= 4 is 15.9 Å². The highest BCUT2D eigenvalue weighted by molar-refractivity contribution is 9.10. The summed E-state index contributed by atoms with van der Waals surface area (Å²) in [7, 11) is 0. The highest BCUT2D eigenvalue weighted by Crippen LogP contribution is 2.48. The van der Waals surface area contributed by atoms with Crippen molar-refractivity contribution in [2.45, 2.75) is 30.2 Å². The fourth-order valence-corrected chi connectivity index (χ4v) is 2.48. The molecule has 0 spiro atoms.